The maximum absolute atomic E-state index is 12.3. The van der Waals surface area contributed by atoms with E-state index in [-0.39, 0.29) is 5.91 Å². The standard InChI is InChI=1S/C19H14N2O/c1-13-3-2-4-18(9-13)21-19(22)17-8-7-15-10-14(12-20)5-6-16(15)11-17/h2-11H,1H3,(H,21,22). The fourth-order valence-corrected chi connectivity index (χ4v) is 2.38. The van der Waals surface area contributed by atoms with Crippen LogP contribution in [0.25, 0.3) is 10.8 Å². The van der Waals surface area contributed by atoms with Gasteiger partial charge in [0.1, 0.15) is 0 Å². The lowest BCUT2D eigenvalue weighted by molar-refractivity contribution is 0.102. The lowest BCUT2D eigenvalue weighted by atomic mass is 10.0. The summed E-state index contributed by atoms with van der Waals surface area (Å²) in [5, 5.41) is 13.7. The van der Waals surface area contributed by atoms with Crippen molar-refractivity contribution in [3.05, 3.63) is 77.4 Å². The topological polar surface area (TPSA) is 52.9 Å². The number of nitrogens with one attached hydrogen (secondary N) is 1. The molecule has 3 heteroatoms. The lowest BCUT2D eigenvalue weighted by Gasteiger charge is -2.07. The van der Waals surface area contributed by atoms with E-state index in [2.05, 4.69) is 11.4 Å². The van der Waals surface area contributed by atoms with Crippen molar-refractivity contribution in [1.29, 1.82) is 5.26 Å². The number of nitriles is 1. The quantitative estimate of drug-likeness (QED) is 0.764. The highest BCUT2D eigenvalue weighted by atomic mass is 16.1. The molecule has 0 fully saturated rings. The van der Waals surface area contributed by atoms with Gasteiger partial charge >= 0.3 is 0 Å². The molecule has 0 saturated carbocycles. The molecule has 0 heterocycles. The summed E-state index contributed by atoms with van der Waals surface area (Å²) in [5.74, 6) is -0.142. The van der Waals surface area contributed by atoms with Gasteiger partial charge in [0.05, 0.1) is 11.6 Å². The van der Waals surface area contributed by atoms with Gasteiger partial charge in [-0.15, -0.1) is 0 Å². The van der Waals surface area contributed by atoms with E-state index in [1.54, 1.807) is 12.1 Å². The minimum atomic E-state index is -0.142. The highest BCUT2D eigenvalue weighted by Gasteiger charge is 2.07. The van der Waals surface area contributed by atoms with Gasteiger partial charge in [-0.2, -0.15) is 5.26 Å². The molecule has 0 aliphatic rings. The summed E-state index contributed by atoms with van der Waals surface area (Å²) in [6.07, 6.45) is 0. The zero-order chi connectivity index (χ0) is 15.5. The van der Waals surface area contributed by atoms with E-state index < -0.39 is 0 Å². The molecule has 0 radical (unpaired) electrons. The number of aryl methyl sites for hydroxylation is 1. The van der Waals surface area contributed by atoms with E-state index in [9.17, 15) is 4.79 Å². The third-order valence-corrected chi connectivity index (χ3v) is 3.51. The maximum atomic E-state index is 12.3. The Labute approximate surface area is 128 Å². The van der Waals surface area contributed by atoms with Gasteiger partial charge in [-0.1, -0.05) is 24.3 Å². The van der Waals surface area contributed by atoms with Crippen LogP contribution in [0.5, 0.6) is 0 Å². The molecule has 0 saturated heterocycles. The van der Waals surface area contributed by atoms with Crippen LogP contribution in [-0.2, 0) is 0 Å². The van der Waals surface area contributed by atoms with Crippen molar-refractivity contribution < 1.29 is 4.79 Å². The van der Waals surface area contributed by atoms with Gasteiger partial charge in [0, 0.05) is 11.3 Å². The summed E-state index contributed by atoms with van der Waals surface area (Å²) in [6.45, 7) is 1.98. The third kappa shape index (κ3) is 2.82. The Balaban J connectivity index is 1.90. The number of rotatable bonds is 2. The van der Waals surface area contributed by atoms with Crippen molar-refractivity contribution in [2.75, 3.05) is 5.32 Å². The number of anilines is 1. The van der Waals surface area contributed by atoms with Crippen molar-refractivity contribution in [2.45, 2.75) is 6.92 Å². The van der Waals surface area contributed by atoms with E-state index in [1.807, 2.05) is 55.5 Å². The Morgan fingerprint density at radius 3 is 2.55 bits per heavy atom. The summed E-state index contributed by atoms with van der Waals surface area (Å²) in [7, 11) is 0. The Morgan fingerprint density at radius 1 is 1.00 bits per heavy atom. The van der Waals surface area contributed by atoms with Crippen LogP contribution >= 0.6 is 0 Å². The van der Waals surface area contributed by atoms with Gasteiger partial charge in [-0.3, -0.25) is 4.79 Å². The second kappa shape index (κ2) is 5.71. The molecule has 0 aromatic heterocycles. The molecule has 3 aromatic carbocycles. The van der Waals surface area contributed by atoms with E-state index in [0.717, 1.165) is 22.0 Å². The summed E-state index contributed by atoms with van der Waals surface area (Å²) in [4.78, 5) is 12.3. The Kier molecular flexibility index (Phi) is 3.59. The van der Waals surface area contributed by atoms with Crippen LogP contribution in [0, 0.1) is 18.3 Å². The van der Waals surface area contributed by atoms with E-state index in [1.165, 1.54) is 0 Å². The maximum Gasteiger partial charge on any atom is 0.255 e. The second-order valence-corrected chi connectivity index (χ2v) is 5.21. The Morgan fingerprint density at radius 2 is 1.77 bits per heavy atom. The third-order valence-electron chi connectivity index (χ3n) is 3.51. The van der Waals surface area contributed by atoms with Crippen LogP contribution in [-0.4, -0.2) is 5.91 Å². The summed E-state index contributed by atoms with van der Waals surface area (Å²) >= 11 is 0. The molecule has 106 valence electrons. The van der Waals surface area contributed by atoms with Crippen LogP contribution in [0.1, 0.15) is 21.5 Å². The molecule has 1 N–H and O–H groups in total. The zero-order valence-corrected chi connectivity index (χ0v) is 12.1. The number of fused-ring (bicyclic) bond motifs is 1. The molecule has 3 aromatic rings. The monoisotopic (exact) mass is 286 g/mol. The number of hydrogen-bond donors (Lipinski definition) is 1. The smallest absolute Gasteiger partial charge is 0.255 e. The Bertz CT molecular complexity index is 907. The molecular formula is C19H14N2O. The number of hydrogen-bond acceptors (Lipinski definition) is 2. The molecular weight excluding hydrogens is 272 g/mol. The first-order valence-corrected chi connectivity index (χ1v) is 6.98. The molecule has 0 aliphatic heterocycles. The molecule has 3 nitrogen and oxygen atoms in total. The average molecular weight is 286 g/mol. The highest BCUT2D eigenvalue weighted by molar-refractivity contribution is 6.06. The summed E-state index contributed by atoms with van der Waals surface area (Å²) in [6, 6.07) is 20.7. The fraction of sp³-hybridized carbons (Fsp3) is 0.0526. The fourth-order valence-electron chi connectivity index (χ4n) is 2.38. The predicted molar refractivity (Wildman–Crippen MR) is 87.8 cm³/mol. The van der Waals surface area contributed by atoms with E-state index in [0.29, 0.717) is 11.1 Å². The second-order valence-electron chi connectivity index (χ2n) is 5.21. The van der Waals surface area contributed by atoms with Crippen molar-refractivity contribution in [3.63, 3.8) is 0 Å². The van der Waals surface area contributed by atoms with Crippen LogP contribution in [0.2, 0.25) is 0 Å². The van der Waals surface area contributed by atoms with E-state index >= 15 is 0 Å². The normalized spacial score (nSPS) is 10.2. The molecule has 0 spiro atoms. The molecule has 0 bridgehead atoms. The summed E-state index contributed by atoms with van der Waals surface area (Å²) < 4.78 is 0. The van der Waals surface area contributed by atoms with Crippen LogP contribution < -0.4 is 5.32 Å². The average Bonchev–Trinajstić information content (AvgIpc) is 2.53. The number of nitrogens with zero attached hydrogens (tertiary/aromatic N) is 1. The van der Waals surface area contributed by atoms with Gasteiger partial charge in [0.25, 0.3) is 5.91 Å². The first kappa shape index (κ1) is 13.8. The lowest BCUT2D eigenvalue weighted by Crippen LogP contribution is -2.11. The van der Waals surface area contributed by atoms with Gasteiger partial charge in [-0.05, 0) is 59.7 Å². The molecule has 3 rings (SSSR count). The van der Waals surface area contributed by atoms with Gasteiger partial charge in [-0.25, -0.2) is 0 Å². The first-order chi connectivity index (χ1) is 10.7. The van der Waals surface area contributed by atoms with Crippen molar-refractivity contribution in [2.24, 2.45) is 0 Å². The number of benzene rings is 3. The van der Waals surface area contributed by atoms with E-state index in [4.69, 9.17) is 5.26 Å². The largest absolute Gasteiger partial charge is 0.322 e. The van der Waals surface area contributed by atoms with Gasteiger partial charge in [0.2, 0.25) is 0 Å². The zero-order valence-electron chi connectivity index (χ0n) is 12.1. The molecule has 1 amide bonds. The highest BCUT2D eigenvalue weighted by Crippen LogP contribution is 2.19. The van der Waals surface area contributed by atoms with Gasteiger partial charge < -0.3 is 5.32 Å². The molecule has 0 unspecified atom stereocenters. The minimum Gasteiger partial charge on any atom is -0.322 e. The number of carbonyl (C=O) groups excluding carboxylic acids is 1. The van der Waals surface area contributed by atoms with Crippen molar-refractivity contribution in [1.82, 2.24) is 0 Å². The Hall–Kier alpha value is -3.12. The van der Waals surface area contributed by atoms with Gasteiger partial charge in [0.15, 0.2) is 0 Å². The summed E-state index contributed by atoms with van der Waals surface area (Å²) in [5.41, 5.74) is 3.09. The molecule has 0 aliphatic carbocycles. The molecule has 0 atom stereocenters. The number of carbonyl (C=O) groups is 1. The SMILES string of the molecule is Cc1cccc(NC(=O)c2ccc3cc(C#N)ccc3c2)c1. The first-order valence-electron chi connectivity index (χ1n) is 6.98. The predicted octanol–water partition coefficient (Wildman–Crippen LogP) is 4.27. The van der Waals surface area contributed by atoms with Crippen LogP contribution in [0.15, 0.2) is 60.7 Å². The minimum absolute atomic E-state index is 0.142. The number of amides is 1. The van der Waals surface area contributed by atoms with Crippen LogP contribution in [0.3, 0.4) is 0 Å². The van der Waals surface area contributed by atoms with Crippen LogP contribution in [0.4, 0.5) is 5.69 Å². The van der Waals surface area contributed by atoms with Crippen molar-refractivity contribution in [3.8, 4) is 6.07 Å². The van der Waals surface area contributed by atoms with Crippen molar-refractivity contribution >= 4 is 22.4 Å². The molecule has 22 heavy (non-hydrogen) atoms.